The molecule has 144 valence electrons. The molecule has 1 amide bonds. The molecule has 2 heterocycles. The van der Waals surface area contributed by atoms with Crippen LogP contribution in [0.1, 0.15) is 29.7 Å². The van der Waals surface area contributed by atoms with Gasteiger partial charge in [0.25, 0.3) is 0 Å². The largest absolute Gasteiger partial charge is 0.480 e. The highest BCUT2D eigenvalue weighted by Gasteiger charge is 2.60. The summed E-state index contributed by atoms with van der Waals surface area (Å²) in [6.07, 6.45) is 2.04. The van der Waals surface area contributed by atoms with Crippen LogP contribution in [0.2, 0.25) is 0 Å². The molecule has 1 aliphatic heterocycles. The number of ether oxygens (including phenoxy) is 1. The minimum Gasteiger partial charge on any atom is -0.480 e. The van der Waals surface area contributed by atoms with Crippen molar-refractivity contribution in [1.82, 2.24) is 4.98 Å². The van der Waals surface area contributed by atoms with Gasteiger partial charge in [-0.2, -0.15) is 0 Å². The average molecular weight is 381 g/mol. The molecule has 0 saturated heterocycles. The summed E-state index contributed by atoms with van der Waals surface area (Å²) in [5, 5.41) is 14.7. The van der Waals surface area contributed by atoms with Gasteiger partial charge in [0.15, 0.2) is 11.9 Å². The summed E-state index contributed by atoms with van der Waals surface area (Å²) in [6.45, 7) is 1.59. The number of nitrogens with zero attached hydrogens (tertiary/aromatic N) is 2. The predicted molar refractivity (Wildman–Crippen MR) is 102 cm³/mol. The van der Waals surface area contributed by atoms with Gasteiger partial charge in [0, 0.05) is 24.6 Å². The third-order valence-corrected chi connectivity index (χ3v) is 5.50. The number of amides is 1. The number of nitrogens with two attached hydrogens (primary N) is 2. The molecule has 1 fully saturated rings. The van der Waals surface area contributed by atoms with Gasteiger partial charge in [-0.1, -0.05) is 12.1 Å². The molecule has 4 rings (SSSR count). The normalized spacial score (nSPS) is 22.7. The van der Waals surface area contributed by atoms with Crippen molar-refractivity contribution in [2.75, 3.05) is 17.2 Å². The summed E-state index contributed by atoms with van der Waals surface area (Å²) in [5.41, 5.74) is 8.51. The molecule has 0 atom stereocenters. The molecule has 1 aromatic carbocycles. The Kier molecular flexibility index (Phi) is 4.06. The molecule has 2 aliphatic rings. The van der Waals surface area contributed by atoms with E-state index in [0.717, 1.165) is 11.1 Å². The first-order chi connectivity index (χ1) is 13.4. The van der Waals surface area contributed by atoms with Crippen molar-refractivity contribution in [3.63, 3.8) is 0 Å². The number of hydrogen-bond donors (Lipinski definition) is 3. The van der Waals surface area contributed by atoms with E-state index >= 15 is 0 Å². The molecule has 1 saturated carbocycles. The quantitative estimate of drug-likeness (QED) is 0.628. The zero-order chi connectivity index (χ0) is 20.1. The Morgan fingerprint density at radius 1 is 1.43 bits per heavy atom. The van der Waals surface area contributed by atoms with E-state index in [1.165, 1.54) is 11.1 Å². The fourth-order valence-corrected chi connectivity index (χ4v) is 4.28. The smallest absolute Gasteiger partial charge is 0.323 e. The second kappa shape index (κ2) is 6.33. The van der Waals surface area contributed by atoms with E-state index in [0.29, 0.717) is 35.8 Å². The fourth-order valence-electron chi connectivity index (χ4n) is 4.28. The van der Waals surface area contributed by atoms with Gasteiger partial charge in [-0.25, -0.2) is 4.98 Å². The van der Waals surface area contributed by atoms with Gasteiger partial charge >= 0.3 is 5.97 Å². The summed E-state index contributed by atoms with van der Waals surface area (Å²) in [5.74, 6) is -0.828. The van der Waals surface area contributed by atoms with Crippen molar-refractivity contribution >= 4 is 29.5 Å². The second-order valence-corrected chi connectivity index (χ2v) is 7.27. The highest BCUT2D eigenvalue weighted by atomic mass is 16.5. The summed E-state index contributed by atoms with van der Waals surface area (Å²) in [6, 6.07) is 8.92. The number of aliphatic carboxylic acids is 1. The van der Waals surface area contributed by atoms with Crippen LogP contribution in [-0.2, 0) is 15.0 Å². The fraction of sp³-hybridized carbons (Fsp3) is 0.300. The number of fused-ring (bicyclic) bond motifs is 2. The number of carbonyl (C=O) groups is 2. The monoisotopic (exact) mass is 381 g/mol. The average Bonchev–Trinajstić information content (AvgIpc) is 2.86. The zero-order valence-electron chi connectivity index (χ0n) is 15.4. The minimum absolute atomic E-state index is 0.180. The van der Waals surface area contributed by atoms with Gasteiger partial charge in [-0.15, -0.1) is 0 Å². The Morgan fingerprint density at radius 3 is 2.86 bits per heavy atom. The number of rotatable bonds is 5. The van der Waals surface area contributed by atoms with Crippen LogP contribution in [0.3, 0.4) is 0 Å². The molecule has 1 aliphatic carbocycles. The Bertz CT molecular complexity index is 998. The Balaban J connectivity index is 1.60. The van der Waals surface area contributed by atoms with Crippen LogP contribution < -0.4 is 20.8 Å². The summed E-state index contributed by atoms with van der Waals surface area (Å²) in [7, 11) is 0. The lowest BCUT2D eigenvalue weighted by Gasteiger charge is -2.43. The van der Waals surface area contributed by atoms with E-state index in [4.69, 9.17) is 15.9 Å². The molecule has 0 bridgehead atoms. The highest BCUT2D eigenvalue weighted by Crippen LogP contribution is 2.55. The molecule has 5 N–H and O–H groups in total. The molecular weight excluding hydrogens is 360 g/mol. The van der Waals surface area contributed by atoms with Crippen molar-refractivity contribution in [2.24, 2.45) is 0 Å². The van der Waals surface area contributed by atoms with Crippen molar-refractivity contribution in [3.8, 4) is 5.88 Å². The van der Waals surface area contributed by atoms with E-state index in [9.17, 15) is 14.7 Å². The lowest BCUT2D eigenvalue weighted by atomic mass is 9.62. The molecule has 8 nitrogen and oxygen atoms in total. The van der Waals surface area contributed by atoms with Crippen LogP contribution in [0.5, 0.6) is 5.88 Å². The molecule has 1 aromatic heterocycles. The van der Waals surface area contributed by atoms with Crippen molar-refractivity contribution in [1.29, 1.82) is 0 Å². The number of aromatic nitrogens is 1. The zero-order valence-corrected chi connectivity index (χ0v) is 15.4. The van der Waals surface area contributed by atoms with Crippen LogP contribution >= 0.6 is 0 Å². The molecule has 8 heteroatoms. The van der Waals surface area contributed by atoms with E-state index < -0.39 is 11.4 Å². The van der Waals surface area contributed by atoms with Gasteiger partial charge in [0.2, 0.25) is 11.8 Å². The van der Waals surface area contributed by atoms with Gasteiger partial charge in [-0.05, 0) is 30.2 Å². The number of aryl methyl sites for hydroxylation is 1. The Morgan fingerprint density at radius 2 is 2.18 bits per heavy atom. The molecule has 1 spiro atoms. The first-order valence-electron chi connectivity index (χ1n) is 8.97. The lowest BCUT2D eigenvalue weighted by Crippen LogP contribution is -2.54. The van der Waals surface area contributed by atoms with E-state index in [1.807, 2.05) is 19.1 Å². The highest BCUT2D eigenvalue weighted by molar-refractivity contribution is 6.11. The van der Waals surface area contributed by atoms with Crippen LogP contribution in [-0.4, -0.2) is 40.8 Å². The van der Waals surface area contributed by atoms with Crippen molar-refractivity contribution < 1.29 is 24.8 Å². The molecule has 0 unspecified atom stereocenters. The summed E-state index contributed by atoms with van der Waals surface area (Å²) < 4.78 is 5.92. The molecular formula is C20H21N4O4+. The number of anilines is 2. The number of carboxylic acid groups (broad SMARTS) is 1. The minimum atomic E-state index is -1.04. The van der Waals surface area contributed by atoms with Gasteiger partial charge < -0.3 is 20.5 Å². The third-order valence-electron chi connectivity index (χ3n) is 5.50. The van der Waals surface area contributed by atoms with Crippen molar-refractivity contribution in [2.45, 2.75) is 31.3 Å². The Labute approximate surface area is 161 Å². The lowest BCUT2D eigenvalue weighted by molar-refractivity contribution is -0.138. The number of benzene rings is 1. The van der Waals surface area contributed by atoms with Crippen LogP contribution in [0.15, 0.2) is 30.3 Å². The maximum Gasteiger partial charge on any atom is 0.323 e. The van der Waals surface area contributed by atoms with Crippen LogP contribution in [0.4, 0.5) is 11.4 Å². The van der Waals surface area contributed by atoms with E-state index in [-0.39, 0.29) is 18.6 Å². The van der Waals surface area contributed by atoms with Crippen molar-refractivity contribution in [3.05, 3.63) is 47.2 Å². The first kappa shape index (κ1) is 18.0. The molecule has 0 radical (unpaired) electrons. The number of carbonyl (C=O) groups excluding carboxylic acids is 1. The predicted octanol–water partition coefficient (Wildman–Crippen LogP) is 0.0606. The SMILES string of the molecule is Cc1cccc2c1C1(CC(Oc3ccc(N)c(C=[NH2+])n3)C1)C(=O)N2CC(=O)O. The number of carboxylic acids is 1. The maximum absolute atomic E-state index is 13.2. The number of nitrogen functional groups attached to an aromatic ring is 1. The van der Waals surface area contributed by atoms with Crippen LogP contribution in [0.25, 0.3) is 0 Å². The first-order valence-corrected chi connectivity index (χ1v) is 8.97. The second-order valence-electron chi connectivity index (χ2n) is 7.27. The number of hydrogen-bond acceptors (Lipinski definition) is 5. The van der Waals surface area contributed by atoms with E-state index in [2.05, 4.69) is 4.98 Å². The molecule has 2 aromatic rings. The summed E-state index contributed by atoms with van der Waals surface area (Å²) in [4.78, 5) is 30.0. The van der Waals surface area contributed by atoms with Gasteiger partial charge in [0.05, 0.1) is 11.1 Å². The number of pyridine rings is 1. The Hall–Kier alpha value is -3.42. The standard InChI is InChI=1S/C20H20N4O4/c1-11-3-2-4-15-18(11)20(19(27)24(15)10-17(25)26)7-12(8-20)28-16-6-5-13(22)14(9-21)23-16/h2-6,9,12,21H,7-8,10,22H2,1H3,(H,25,26)/p+1. The topological polar surface area (TPSA) is 131 Å². The van der Waals surface area contributed by atoms with Crippen LogP contribution in [0, 0.1) is 6.92 Å². The maximum atomic E-state index is 13.2. The van der Waals surface area contributed by atoms with Gasteiger partial charge in [0.1, 0.15) is 12.6 Å². The summed E-state index contributed by atoms with van der Waals surface area (Å²) >= 11 is 0. The molecule has 28 heavy (non-hydrogen) atoms. The van der Waals surface area contributed by atoms with E-state index in [1.54, 1.807) is 18.2 Å². The van der Waals surface area contributed by atoms with Gasteiger partial charge in [-0.3, -0.25) is 15.0 Å². The third kappa shape index (κ3) is 2.60.